The van der Waals surface area contributed by atoms with Gasteiger partial charge < -0.3 is 10.0 Å². The van der Waals surface area contributed by atoms with E-state index in [0.29, 0.717) is 0 Å². The van der Waals surface area contributed by atoms with Gasteiger partial charge in [0.05, 0.1) is 23.9 Å². The maximum atomic E-state index is 9.76. The van der Waals surface area contributed by atoms with Crippen molar-refractivity contribution in [1.82, 2.24) is 9.97 Å². The molecule has 2 aromatic heterocycles. The Kier molecular flexibility index (Phi) is 3.93. The summed E-state index contributed by atoms with van der Waals surface area (Å²) in [5, 5.41) is 9.76. The molecule has 0 aliphatic heterocycles. The van der Waals surface area contributed by atoms with Crippen molar-refractivity contribution in [2.75, 3.05) is 11.9 Å². The zero-order chi connectivity index (χ0) is 13.1. The van der Waals surface area contributed by atoms with E-state index in [0.717, 1.165) is 23.6 Å². The predicted molar refractivity (Wildman–Crippen MR) is 73.8 cm³/mol. The number of aliphatic hydroxyl groups is 1. The minimum atomic E-state index is -0.515. The number of hydrogen-bond donors (Lipinski definition) is 1. The number of pyridine rings is 1. The van der Waals surface area contributed by atoms with Gasteiger partial charge in [0, 0.05) is 23.7 Å². The summed E-state index contributed by atoms with van der Waals surface area (Å²) < 4.78 is 0. The zero-order valence-electron chi connectivity index (χ0n) is 10.8. The highest BCUT2D eigenvalue weighted by Gasteiger charge is 2.14. The van der Waals surface area contributed by atoms with E-state index in [-0.39, 0.29) is 0 Å². The lowest BCUT2D eigenvalue weighted by molar-refractivity contribution is 0.199. The molecule has 2 aromatic rings. The lowest BCUT2D eigenvalue weighted by Crippen LogP contribution is -2.19. The van der Waals surface area contributed by atoms with E-state index in [9.17, 15) is 5.11 Å². The fourth-order valence-electron chi connectivity index (χ4n) is 1.82. The average molecular weight is 263 g/mol. The standard InChI is InChI=1S/C13H17N3OS/c1-9-12(18-8-15-9)7-16(3)13-11(10(2)17)5-4-6-14-13/h4-6,8,10,17H,7H2,1-3H3. The van der Waals surface area contributed by atoms with Crippen LogP contribution in [0.5, 0.6) is 0 Å². The Morgan fingerprint density at radius 1 is 1.44 bits per heavy atom. The normalized spacial score (nSPS) is 12.4. The van der Waals surface area contributed by atoms with E-state index < -0.39 is 6.10 Å². The number of anilines is 1. The third kappa shape index (κ3) is 2.68. The minimum absolute atomic E-state index is 0.515. The molecule has 0 spiro atoms. The first kappa shape index (κ1) is 13.0. The second-order valence-corrected chi connectivity index (χ2v) is 5.25. The molecule has 0 aliphatic carbocycles. The Balaban J connectivity index is 2.24. The maximum absolute atomic E-state index is 9.76. The monoisotopic (exact) mass is 263 g/mol. The molecule has 18 heavy (non-hydrogen) atoms. The largest absolute Gasteiger partial charge is 0.389 e. The highest BCUT2D eigenvalue weighted by Crippen LogP contribution is 2.25. The van der Waals surface area contributed by atoms with Crippen LogP contribution in [0.4, 0.5) is 5.82 Å². The zero-order valence-corrected chi connectivity index (χ0v) is 11.6. The first-order valence-corrected chi connectivity index (χ1v) is 6.70. The van der Waals surface area contributed by atoms with Crippen LogP contribution in [0.15, 0.2) is 23.8 Å². The van der Waals surface area contributed by atoms with Crippen molar-refractivity contribution < 1.29 is 5.11 Å². The number of rotatable bonds is 4. The minimum Gasteiger partial charge on any atom is -0.389 e. The molecule has 0 fully saturated rings. The molecule has 0 aromatic carbocycles. The van der Waals surface area contributed by atoms with Gasteiger partial charge in [-0.15, -0.1) is 11.3 Å². The Morgan fingerprint density at radius 2 is 2.22 bits per heavy atom. The van der Waals surface area contributed by atoms with Crippen molar-refractivity contribution in [1.29, 1.82) is 0 Å². The molecule has 2 heterocycles. The van der Waals surface area contributed by atoms with Crippen LogP contribution in [0.2, 0.25) is 0 Å². The Morgan fingerprint density at radius 3 is 2.83 bits per heavy atom. The Bertz CT molecular complexity index is 524. The fourth-order valence-corrected chi connectivity index (χ4v) is 2.65. The van der Waals surface area contributed by atoms with Crippen LogP contribution in [-0.2, 0) is 6.54 Å². The van der Waals surface area contributed by atoms with E-state index in [1.165, 1.54) is 4.88 Å². The summed E-state index contributed by atoms with van der Waals surface area (Å²) in [5.74, 6) is 0.820. The molecule has 0 saturated carbocycles. The molecule has 2 rings (SSSR count). The number of nitrogens with zero attached hydrogens (tertiary/aromatic N) is 3. The van der Waals surface area contributed by atoms with Crippen molar-refractivity contribution in [3.05, 3.63) is 40.0 Å². The highest BCUT2D eigenvalue weighted by atomic mass is 32.1. The first-order valence-electron chi connectivity index (χ1n) is 5.82. The van der Waals surface area contributed by atoms with Crippen LogP contribution in [0, 0.1) is 6.92 Å². The summed E-state index contributed by atoms with van der Waals surface area (Å²) in [5.41, 5.74) is 3.76. The van der Waals surface area contributed by atoms with Gasteiger partial charge >= 0.3 is 0 Å². The summed E-state index contributed by atoms with van der Waals surface area (Å²) in [6, 6.07) is 3.75. The van der Waals surface area contributed by atoms with Gasteiger partial charge in [-0.05, 0) is 19.9 Å². The summed E-state index contributed by atoms with van der Waals surface area (Å²) in [6.45, 7) is 4.52. The number of hydrogen-bond acceptors (Lipinski definition) is 5. The number of aromatic nitrogens is 2. The van der Waals surface area contributed by atoms with Crippen molar-refractivity contribution in [3.8, 4) is 0 Å². The summed E-state index contributed by atoms with van der Waals surface area (Å²) in [4.78, 5) is 11.9. The van der Waals surface area contributed by atoms with Crippen LogP contribution in [0.1, 0.15) is 29.2 Å². The molecule has 0 saturated heterocycles. The fraction of sp³-hybridized carbons (Fsp3) is 0.385. The summed E-state index contributed by atoms with van der Waals surface area (Å²) in [6.07, 6.45) is 1.23. The predicted octanol–water partition coefficient (Wildman–Crippen LogP) is 2.54. The first-order chi connectivity index (χ1) is 8.59. The molecular weight excluding hydrogens is 246 g/mol. The summed E-state index contributed by atoms with van der Waals surface area (Å²) in [7, 11) is 1.98. The van der Waals surface area contributed by atoms with Crippen LogP contribution < -0.4 is 4.90 Å². The van der Waals surface area contributed by atoms with E-state index in [2.05, 4.69) is 9.97 Å². The third-order valence-electron chi connectivity index (χ3n) is 2.85. The van der Waals surface area contributed by atoms with E-state index in [1.54, 1.807) is 24.5 Å². The maximum Gasteiger partial charge on any atom is 0.134 e. The molecule has 0 aliphatic rings. The smallest absolute Gasteiger partial charge is 0.134 e. The van der Waals surface area contributed by atoms with Gasteiger partial charge in [-0.25, -0.2) is 9.97 Å². The molecule has 1 unspecified atom stereocenters. The lowest BCUT2D eigenvalue weighted by atomic mass is 10.1. The Labute approximate surface area is 111 Å². The van der Waals surface area contributed by atoms with Gasteiger partial charge in [-0.1, -0.05) is 6.07 Å². The molecule has 0 radical (unpaired) electrons. The molecule has 4 nitrogen and oxygen atoms in total. The second kappa shape index (κ2) is 5.46. The third-order valence-corrected chi connectivity index (χ3v) is 3.77. The molecule has 1 N–H and O–H groups in total. The van der Waals surface area contributed by atoms with Crippen molar-refractivity contribution >= 4 is 17.2 Å². The average Bonchev–Trinajstić information content (AvgIpc) is 2.75. The number of aryl methyl sites for hydroxylation is 1. The van der Waals surface area contributed by atoms with Crippen molar-refractivity contribution in [3.63, 3.8) is 0 Å². The second-order valence-electron chi connectivity index (χ2n) is 4.31. The molecule has 96 valence electrons. The van der Waals surface area contributed by atoms with Gasteiger partial charge in [-0.3, -0.25) is 0 Å². The van der Waals surface area contributed by atoms with E-state index in [4.69, 9.17) is 0 Å². The molecule has 0 bridgehead atoms. The van der Waals surface area contributed by atoms with E-state index in [1.807, 2.05) is 36.5 Å². The van der Waals surface area contributed by atoms with Gasteiger partial charge in [0.25, 0.3) is 0 Å². The molecular formula is C13H17N3OS. The van der Waals surface area contributed by atoms with Gasteiger partial charge in [0.2, 0.25) is 0 Å². The van der Waals surface area contributed by atoms with Gasteiger partial charge in [0.1, 0.15) is 5.82 Å². The number of aliphatic hydroxyl groups excluding tert-OH is 1. The topological polar surface area (TPSA) is 49.2 Å². The van der Waals surface area contributed by atoms with Gasteiger partial charge in [0.15, 0.2) is 0 Å². The van der Waals surface area contributed by atoms with Crippen LogP contribution >= 0.6 is 11.3 Å². The van der Waals surface area contributed by atoms with Crippen LogP contribution in [-0.4, -0.2) is 22.1 Å². The SMILES string of the molecule is Cc1ncsc1CN(C)c1ncccc1C(C)O. The molecule has 0 amide bonds. The number of thiazole rings is 1. The van der Waals surface area contributed by atoms with E-state index >= 15 is 0 Å². The highest BCUT2D eigenvalue weighted by molar-refractivity contribution is 7.09. The molecule has 5 heteroatoms. The lowest BCUT2D eigenvalue weighted by Gasteiger charge is -2.21. The molecule has 1 atom stereocenters. The van der Waals surface area contributed by atoms with Gasteiger partial charge in [-0.2, -0.15) is 0 Å². The van der Waals surface area contributed by atoms with Crippen molar-refractivity contribution in [2.45, 2.75) is 26.5 Å². The quantitative estimate of drug-likeness (QED) is 0.921. The van der Waals surface area contributed by atoms with Crippen LogP contribution in [0.3, 0.4) is 0 Å². The van der Waals surface area contributed by atoms with Crippen LogP contribution in [0.25, 0.3) is 0 Å². The van der Waals surface area contributed by atoms with Crippen molar-refractivity contribution in [2.24, 2.45) is 0 Å². The summed E-state index contributed by atoms with van der Waals surface area (Å²) >= 11 is 1.64. The Hall–Kier alpha value is -1.46.